The van der Waals surface area contributed by atoms with Crippen molar-refractivity contribution < 1.29 is 9.59 Å². The van der Waals surface area contributed by atoms with Crippen LogP contribution in [0.5, 0.6) is 0 Å². The summed E-state index contributed by atoms with van der Waals surface area (Å²) in [5.41, 5.74) is 0.567. The van der Waals surface area contributed by atoms with Crippen LogP contribution in [0.15, 0.2) is 46.1 Å². The summed E-state index contributed by atoms with van der Waals surface area (Å²) in [6, 6.07) is 9.24. The van der Waals surface area contributed by atoms with E-state index in [1.807, 2.05) is 30.3 Å². The van der Waals surface area contributed by atoms with E-state index >= 15 is 0 Å². The Morgan fingerprint density at radius 1 is 1.16 bits per heavy atom. The molecule has 4 rings (SSSR count). The minimum atomic E-state index is -0.561. The summed E-state index contributed by atoms with van der Waals surface area (Å²) in [6.07, 6.45) is 3.67. The van der Waals surface area contributed by atoms with Crippen molar-refractivity contribution in [3.8, 4) is 0 Å². The highest BCUT2D eigenvalue weighted by molar-refractivity contribution is 6.05. The molecule has 0 aliphatic carbocycles. The maximum Gasteiger partial charge on any atom is 0.329 e. The van der Waals surface area contributed by atoms with Gasteiger partial charge in [0.2, 0.25) is 5.91 Å². The quantitative estimate of drug-likeness (QED) is 0.548. The fourth-order valence-corrected chi connectivity index (χ4v) is 3.99. The highest BCUT2D eigenvalue weighted by atomic mass is 16.2. The van der Waals surface area contributed by atoms with Crippen molar-refractivity contribution in [1.29, 1.82) is 0 Å². The lowest BCUT2D eigenvalue weighted by atomic mass is 10.2. The summed E-state index contributed by atoms with van der Waals surface area (Å²) < 4.78 is 2.69. The van der Waals surface area contributed by atoms with Gasteiger partial charge in [-0.25, -0.2) is 4.79 Å². The van der Waals surface area contributed by atoms with E-state index in [1.165, 1.54) is 0 Å². The van der Waals surface area contributed by atoms with Crippen LogP contribution < -0.4 is 16.6 Å². The van der Waals surface area contributed by atoms with Gasteiger partial charge in [-0.3, -0.25) is 19.0 Å². The van der Waals surface area contributed by atoms with Crippen LogP contribution in [0, 0.1) is 0 Å². The monoisotopic (exact) mass is 423 g/mol. The molecule has 2 N–H and O–H groups in total. The molecule has 1 aliphatic rings. The Hall–Kier alpha value is -3.62. The van der Waals surface area contributed by atoms with Crippen LogP contribution in [0.3, 0.4) is 0 Å². The van der Waals surface area contributed by atoms with E-state index in [0.29, 0.717) is 25.9 Å². The molecule has 1 aliphatic heterocycles. The summed E-state index contributed by atoms with van der Waals surface area (Å²) in [5, 5.41) is 2.82. The lowest BCUT2D eigenvalue weighted by Crippen LogP contribution is -2.36. The van der Waals surface area contributed by atoms with Gasteiger partial charge in [-0.05, 0) is 18.4 Å². The second-order valence-electron chi connectivity index (χ2n) is 7.78. The molecule has 3 heterocycles. The molecule has 1 aromatic carbocycles. The SMILES string of the molecule is Cn1cc(C(=O)NCCCN2CCCC2=O)c2[nH]c(=O)n(Cc3ccccc3)c(=O)c21. The summed E-state index contributed by atoms with van der Waals surface area (Å²) >= 11 is 0. The summed E-state index contributed by atoms with van der Waals surface area (Å²) in [7, 11) is 1.67. The van der Waals surface area contributed by atoms with Gasteiger partial charge in [0.05, 0.1) is 17.6 Å². The number of hydrogen-bond donors (Lipinski definition) is 2. The molecule has 3 aromatic rings. The normalized spacial score (nSPS) is 13.8. The molecular formula is C22H25N5O4. The zero-order valence-corrected chi connectivity index (χ0v) is 17.4. The Kier molecular flexibility index (Phi) is 5.75. The number of fused-ring (bicyclic) bond motifs is 1. The van der Waals surface area contributed by atoms with Crippen LogP contribution in [0.2, 0.25) is 0 Å². The standard InChI is InChI=1S/C22H25N5O4/c1-25-14-16(20(29)23-10-6-12-26-11-5-9-17(26)28)18-19(25)21(30)27(22(31)24-18)13-15-7-3-2-4-8-15/h2-4,7-8,14H,5-6,9-13H2,1H3,(H,23,29)(H,24,31). The largest absolute Gasteiger partial charge is 0.352 e. The zero-order valence-electron chi connectivity index (χ0n) is 17.4. The predicted octanol–water partition coefficient (Wildman–Crippen LogP) is 0.819. The number of carbonyl (C=O) groups is 2. The Balaban J connectivity index is 1.52. The van der Waals surface area contributed by atoms with Crippen LogP contribution in [-0.2, 0) is 18.4 Å². The van der Waals surface area contributed by atoms with Crippen molar-refractivity contribution >= 4 is 22.8 Å². The van der Waals surface area contributed by atoms with E-state index in [0.717, 1.165) is 23.1 Å². The number of amides is 2. The molecule has 0 radical (unpaired) electrons. The third-order valence-corrected chi connectivity index (χ3v) is 5.60. The van der Waals surface area contributed by atoms with Gasteiger partial charge in [-0.15, -0.1) is 0 Å². The number of hydrogen-bond acceptors (Lipinski definition) is 4. The van der Waals surface area contributed by atoms with Crippen molar-refractivity contribution in [2.24, 2.45) is 7.05 Å². The summed E-state index contributed by atoms with van der Waals surface area (Å²) in [5.74, 6) is -0.209. The van der Waals surface area contributed by atoms with E-state index in [9.17, 15) is 19.2 Å². The molecule has 0 unspecified atom stereocenters. The number of rotatable bonds is 7. The highest BCUT2D eigenvalue weighted by Crippen LogP contribution is 2.14. The first-order valence-corrected chi connectivity index (χ1v) is 10.4. The Bertz CT molecular complexity index is 1240. The minimum absolute atomic E-state index is 0.146. The molecule has 0 spiro atoms. The maximum absolute atomic E-state index is 13.0. The number of aryl methyl sites for hydroxylation is 1. The first kappa shape index (κ1) is 20.6. The van der Waals surface area contributed by atoms with Gasteiger partial charge in [0.1, 0.15) is 5.52 Å². The molecule has 1 fully saturated rings. The summed E-state index contributed by atoms with van der Waals surface area (Å²) in [4.78, 5) is 54.5. The van der Waals surface area contributed by atoms with Gasteiger partial charge >= 0.3 is 5.69 Å². The predicted molar refractivity (Wildman–Crippen MR) is 116 cm³/mol. The molecule has 9 nitrogen and oxygen atoms in total. The van der Waals surface area contributed by atoms with Crippen LogP contribution in [-0.4, -0.2) is 50.5 Å². The van der Waals surface area contributed by atoms with Crippen LogP contribution in [0.4, 0.5) is 0 Å². The van der Waals surface area contributed by atoms with E-state index in [1.54, 1.807) is 22.7 Å². The third-order valence-electron chi connectivity index (χ3n) is 5.60. The number of carbonyl (C=O) groups excluding carboxylic acids is 2. The van der Waals surface area contributed by atoms with Crippen molar-refractivity contribution in [3.05, 3.63) is 68.5 Å². The maximum atomic E-state index is 13.0. The highest BCUT2D eigenvalue weighted by Gasteiger charge is 2.21. The van der Waals surface area contributed by atoms with Gasteiger partial charge in [-0.1, -0.05) is 30.3 Å². The molecule has 0 saturated carbocycles. The lowest BCUT2D eigenvalue weighted by molar-refractivity contribution is -0.127. The van der Waals surface area contributed by atoms with Crippen LogP contribution >= 0.6 is 0 Å². The van der Waals surface area contributed by atoms with Crippen molar-refractivity contribution in [1.82, 2.24) is 24.3 Å². The van der Waals surface area contributed by atoms with Gasteiger partial charge in [0.15, 0.2) is 0 Å². The Morgan fingerprint density at radius 2 is 1.94 bits per heavy atom. The molecule has 0 atom stereocenters. The number of aromatic amines is 1. The fraction of sp³-hybridized carbons (Fsp3) is 0.364. The van der Waals surface area contributed by atoms with E-state index in [4.69, 9.17) is 0 Å². The van der Waals surface area contributed by atoms with Crippen molar-refractivity contribution in [2.75, 3.05) is 19.6 Å². The van der Waals surface area contributed by atoms with Crippen molar-refractivity contribution in [3.63, 3.8) is 0 Å². The molecule has 0 bridgehead atoms. The number of benzene rings is 1. The Morgan fingerprint density at radius 3 is 2.65 bits per heavy atom. The minimum Gasteiger partial charge on any atom is -0.352 e. The molecular weight excluding hydrogens is 398 g/mol. The van der Waals surface area contributed by atoms with Gasteiger partial charge in [0.25, 0.3) is 11.5 Å². The number of aromatic nitrogens is 3. The number of nitrogens with zero attached hydrogens (tertiary/aromatic N) is 3. The van der Waals surface area contributed by atoms with Gasteiger partial charge in [0, 0.05) is 39.3 Å². The number of nitrogens with one attached hydrogen (secondary N) is 2. The van der Waals surface area contributed by atoms with Gasteiger partial charge in [-0.2, -0.15) is 0 Å². The third kappa shape index (κ3) is 4.16. The summed E-state index contributed by atoms with van der Waals surface area (Å²) in [6.45, 7) is 1.92. The molecule has 31 heavy (non-hydrogen) atoms. The Labute approximate surface area is 178 Å². The number of likely N-dealkylation sites (tertiary alicyclic amines) is 1. The van der Waals surface area contributed by atoms with Crippen LogP contribution in [0.25, 0.3) is 11.0 Å². The fourth-order valence-electron chi connectivity index (χ4n) is 3.99. The molecule has 2 amide bonds. The van der Waals surface area contributed by atoms with Crippen LogP contribution in [0.1, 0.15) is 35.2 Å². The van der Waals surface area contributed by atoms with E-state index in [2.05, 4.69) is 10.3 Å². The molecule has 2 aromatic heterocycles. The molecule has 1 saturated heterocycles. The molecule has 9 heteroatoms. The number of H-pyrrole nitrogens is 1. The average Bonchev–Trinajstić information content (AvgIpc) is 3.31. The van der Waals surface area contributed by atoms with E-state index < -0.39 is 11.2 Å². The van der Waals surface area contributed by atoms with E-state index in [-0.39, 0.29) is 35.0 Å². The second-order valence-corrected chi connectivity index (χ2v) is 7.78. The van der Waals surface area contributed by atoms with Gasteiger partial charge < -0.3 is 19.8 Å². The first-order valence-electron chi connectivity index (χ1n) is 10.4. The van der Waals surface area contributed by atoms with Crippen molar-refractivity contribution in [2.45, 2.75) is 25.8 Å². The average molecular weight is 423 g/mol. The zero-order chi connectivity index (χ0) is 22.0. The topological polar surface area (TPSA) is 109 Å². The first-order chi connectivity index (χ1) is 15.0. The molecule has 162 valence electrons. The second kappa shape index (κ2) is 8.63. The smallest absolute Gasteiger partial charge is 0.329 e. The lowest BCUT2D eigenvalue weighted by Gasteiger charge is -2.15.